The molecule has 0 aromatic heterocycles. The van der Waals surface area contributed by atoms with E-state index in [0.717, 1.165) is 23.7 Å². The van der Waals surface area contributed by atoms with E-state index in [2.05, 4.69) is 36.4 Å². The van der Waals surface area contributed by atoms with E-state index in [9.17, 15) is 0 Å². The van der Waals surface area contributed by atoms with Crippen LogP contribution in [0.2, 0.25) is 0 Å². The van der Waals surface area contributed by atoms with Gasteiger partial charge in [0.1, 0.15) is 0 Å². The van der Waals surface area contributed by atoms with E-state index in [1.165, 1.54) is 19.3 Å². The van der Waals surface area contributed by atoms with Crippen LogP contribution in [0.5, 0.6) is 0 Å². The molecule has 0 fully saturated rings. The maximum atomic E-state index is 2.50. The standard InChI is InChI=1S/C17H16/c1-2-4-13-12(3-1)14-9-16(13)17-11-6-5-10(7-11)8-15(14)17/h1-6,10-11,14,16H,7-9H2/t10-,11+,14+,16-/m1/s1. The number of hydrogen-bond donors (Lipinski definition) is 0. The van der Waals surface area contributed by atoms with Crippen LogP contribution in [0, 0.1) is 11.8 Å². The topological polar surface area (TPSA) is 0 Å². The molecule has 4 bridgehead atoms. The van der Waals surface area contributed by atoms with Crippen molar-refractivity contribution in [3.05, 3.63) is 58.7 Å². The van der Waals surface area contributed by atoms with E-state index in [-0.39, 0.29) is 0 Å². The molecule has 0 heteroatoms. The quantitative estimate of drug-likeness (QED) is 0.576. The monoisotopic (exact) mass is 220 g/mol. The highest BCUT2D eigenvalue weighted by molar-refractivity contribution is 5.57. The predicted octanol–water partition coefficient (Wildman–Crippen LogP) is 4.16. The van der Waals surface area contributed by atoms with Crippen molar-refractivity contribution < 1.29 is 0 Å². The van der Waals surface area contributed by atoms with Crippen LogP contribution in [-0.4, -0.2) is 0 Å². The van der Waals surface area contributed by atoms with Gasteiger partial charge in [0, 0.05) is 11.8 Å². The third-order valence-electron chi connectivity index (χ3n) is 5.44. The van der Waals surface area contributed by atoms with Crippen LogP contribution in [0.15, 0.2) is 47.6 Å². The van der Waals surface area contributed by atoms with Crippen molar-refractivity contribution in [1.82, 2.24) is 0 Å². The van der Waals surface area contributed by atoms with Gasteiger partial charge in [-0.1, -0.05) is 47.6 Å². The summed E-state index contributed by atoms with van der Waals surface area (Å²) < 4.78 is 0. The SMILES string of the molecule is C1=C[C@H]2C[C@@H]1CC1=C2[C@@H]2C[C@H]1c1ccccc12. The predicted molar refractivity (Wildman–Crippen MR) is 68.9 cm³/mol. The van der Waals surface area contributed by atoms with Crippen LogP contribution in [0.3, 0.4) is 0 Å². The van der Waals surface area contributed by atoms with Gasteiger partial charge < -0.3 is 0 Å². The Morgan fingerprint density at radius 3 is 2.59 bits per heavy atom. The highest BCUT2D eigenvalue weighted by atomic mass is 14.5. The van der Waals surface area contributed by atoms with E-state index < -0.39 is 0 Å². The number of rotatable bonds is 0. The lowest BCUT2D eigenvalue weighted by Gasteiger charge is -2.31. The molecule has 0 nitrogen and oxygen atoms in total. The average molecular weight is 220 g/mol. The molecule has 4 aliphatic rings. The summed E-state index contributed by atoms with van der Waals surface area (Å²) in [6.45, 7) is 0. The van der Waals surface area contributed by atoms with Crippen molar-refractivity contribution in [2.45, 2.75) is 31.1 Å². The van der Waals surface area contributed by atoms with Gasteiger partial charge in [0.2, 0.25) is 0 Å². The van der Waals surface area contributed by atoms with Crippen molar-refractivity contribution in [2.75, 3.05) is 0 Å². The second-order valence-corrected chi connectivity index (χ2v) is 6.14. The summed E-state index contributed by atoms with van der Waals surface area (Å²) in [4.78, 5) is 0. The zero-order valence-corrected chi connectivity index (χ0v) is 9.89. The molecule has 0 amide bonds. The maximum absolute atomic E-state index is 2.50. The van der Waals surface area contributed by atoms with Crippen LogP contribution < -0.4 is 0 Å². The van der Waals surface area contributed by atoms with Crippen molar-refractivity contribution in [1.29, 1.82) is 0 Å². The van der Waals surface area contributed by atoms with Crippen LogP contribution in [0.1, 0.15) is 42.2 Å². The van der Waals surface area contributed by atoms with E-state index in [4.69, 9.17) is 0 Å². The molecule has 0 aliphatic heterocycles. The van der Waals surface area contributed by atoms with Gasteiger partial charge in [0.05, 0.1) is 0 Å². The summed E-state index contributed by atoms with van der Waals surface area (Å²) >= 11 is 0. The second-order valence-electron chi connectivity index (χ2n) is 6.14. The van der Waals surface area contributed by atoms with E-state index >= 15 is 0 Å². The van der Waals surface area contributed by atoms with E-state index in [1.54, 1.807) is 11.1 Å². The highest BCUT2D eigenvalue weighted by Gasteiger charge is 2.48. The summed E-state index contributed by atoms with van der Waals surface area (Å²) in [5.74, 6) is 3.23. The summed E-state index contributed by atoms with van der Waals surface area (Å²) in [6.07, 6.45) is 9.13. The molecule has 0 N–H and O–H groups in total. The minimum atomic E-state index is 0.778. The van der Waals surface area contributed by atoms with E-state index in [0.29, 0.717) is 0 Å². The summed E-state index contributed by atoms with van der Waals surface area (Å²) in [5, 5.41) is 0. The molecule has 84 valence electrons. The lowest BCUT2D eigenvalue weighted by atomic mass is 9.73. The third-order valence-corrected chi connectivity index (χ3v) is 5.44. The maximum Gasteiger partial charge on any atom is 0.00688 e. The lowest BCUT2D eigenvalue weighted by Crippen LogP contribution is -2.17. The molecule has 17 heavy (non-hydrogen) atoms. The van der Waals surface area contributed by atoms with Crippen molar-refractivity contribution in [2.24, 2.45) is 11.8 Å². The molecular weight excluding hydrogens is 204 g/mol. The molecule has 1 aromatic rings. The Labute approximate surface area is 102 Å². The first-order valence-corrected chi connectivity index (χ1v) is 6.92. The summed E-state index contributed by atoms with van der Waals surface area (Å²) in [7, 11) is 0. The molecule has 0 saturated carbocycles. The smallest absolute Gasteiger partial charge is 0.00688 e. The molecule has 0 unspecified atom stereocenters. The molecule has 0 radical (unpaired) electrons. The lowest BCUT2D eigenvalue weighted by molar-refractivity contribution is 0.504. The van der Waals surface area contributed by atoms with Crippen molar-refractivity contribution in [3.8, 4) is 0 Å². The van der Waals surface area contributed by atoms with Gasteiger partial charge in [0.15, 0.2) is 0 Å². The van der Waals surface area contributed by atoms with Gasteiger partial charge in [-0.3, -0.25) is 0 Å². The minimum Gasteiger partial charge on any atom is -0.0845 e. The number of allylic oxidation sites excluding steroid dienone is 4. The Morgan fingerprint density at radius 1 is 0.882 bits per heavy atom. The highest BCUT2D eigenvalue weighted by Crippen LogP contribution is 2.63. The number of fused-ring (bicyclic) bond motifs is 10. The van der Waals surface area contributed by atoms with Crippen molar-refractivity contribution >= 4 is 0 Å². The fourth-order valence-corrected chi connectivity index (χ4v) is 4.88. The van der Waals surface area contributed by atoms with Crippen LogP contribution in [-0.2, 0) is 0 Å². The van der Waals surface area contributed by atoms with Crippen LogP contribution in [0.4, 0.5) is 0 Å². The molecule has 0 saturated heterocycles. The fraction of sp³-hybridized carbons (Fsp3) is 0.412. The summed E-state index contributed by atoms with van der Waals surface area (Å²) in [5.41, 5.74) is 6.96. The summed E-state index contributed by atoms with van der Waals surface area (Å²) in [6, 6.07) is 9.17. The second kappa shape index (κ2) is 2.75. The van der Waals surface area contributed by atoms with Gasteiger partial charge in [-0.15, -0.1) is 0 Å². The van der Waals surface area contributed by atoms with Gasteiger partial charge >= 0.3 is 0 Å². The molecule has 0 spiro atoms. The minimum absolute atomic E-state index is 0.778. The normalized spacial score (nSPS) is 39.8. The molecule has 0 heterocycles. The Bertz CT molecular complexity index is 575. The first-order chi connectivity index (χ1) is 8.42. The average Bonchev–Trinajstić information content (AvgIpc) is 3.03. The Kier molecular flexibility index (Phi) is 1.41. The Morgan fingerprint density at radius 2 is 1.71 bits per heavy atom. The largest absolute Gasteiger partial charge is 0.0845 e. The number of benzene rings is 1. The van der Waals surface area contributed by atoms with Gasteiger partial charge in [0.25, 0.3) is 0 Å². The molecule has 4 atom stereocenters. The van der Waals surface area contributed by atoms with Gasteiger partial charge in [-0.2, -0.15) is 0 Å². The van der Waals surface area contributed by atoms with Gasteiger partial charge in [-0.05, 0) is 42.2 Å². The molecule has 5 rings (SSSR count). The van der Waals surface area contributed by atoms with Crippen molar-refractivity contribution in [3.63, 3.8) is 0 Å². The zero-order chi connectivity index (χ0) is 11.0. The third kappa shape index (κ3) is 0.922. The molecule has 4 aliphatic carbocycles. The first kappa shape index (κ1) is 8.74. The van der Waals surface area contributed by atoms with E-state index in [1.807, 2.05) is 11.1 Å². The molecule has 1 aromatic carbocycles. The van der Waals surface area contributed by atoms with Crippen LogP contribution in [0.25, 0.3) is 0 Å². The number of hydrogen-bond acceptors (Lipinski definition) is 0. The molecular formula is C17H16. The fourth-order valence-electron chi connectivity index (χ4n) is 4.88. The van der Waals surface area contributed by atoms with Gasteiger partial charge in [-0.25, -0.2) is 0 Å². The van der Waals surface area contributed by atoms with Crippen LogP contribution >= 0.6 is 0 Å². The Balaban J connectivity index is 1.73. The Hall–Kier alpha value is -1.30. The zero-order valence-electron chi connectivity index (χ0n) is 9.89. The first-order valence-electron chi connectivity index (χ1n) is 6.92.